The zero-order valence-corrected chi connectivity index (χ0v) is 19.8. The van der Waals surface area contributed by atoms with Gasteiger partial charge < -0.3 is 24.8 Å². The second-order valence-corrected chi connectivity index (χ2v) is 8.97. The highest BCUT2D eigenvalue weighted by Crippen LogP contribution is 2.31. The standard InChI is InChI=1S/C25H36N6O/c1-29(2)17-11-26-24-21-19-23(32-3)20(10-4-5-12-30-13-6-7-14-30)18-22(21)27-25(28-24)31-15-8-9-16-31/h18-19H,5-9,11-17H2,1-3H3,(H,26,27,28). The second kappa shape index (κ2) is 10.8. The fraction of sp³-hybridized carbons (Fsp3) is 0.600. The molecule has 4 rings (SSSR count). The summed E-state index contributed by atoms with van der Waals surface area (Å²) in [5.41, 5.74) is 1.81. The molecule has 0 bridgehead atoms. The molecule has 0 radical (unpaired) electrons. The number of aromatic nitrogens is 2. The van der Waals surface area contributed by atoms with E-state index in [2.05, 4.69) is 52.0 Å². The summed E-state index contributed by atoms with van der Waals surface area (Å²) in [7, 11) is 5.86. The van der Waals surface area contributed by atoms with Crippen molar-refractivity contribution in [1.29, 1.82) is 0 Å². The molecule has 2 aliphatic heterocycles. The van der Waals surface area contributed by atoms with Crippen LogP contribution >= 0.6 is 0 Å². The third-order valence-corrected chi connectivity index (χ3v) is 6.22. The molecule has 1 aromatic carbocycles. The summed E-state index contributed by atoms with van der Waals surface area (Å²) in [6.45, 7) is 7.25. The van der Waals surface area contributed by atoms with Crippen molar-refractivity contribution in [3.8, 4) is 17.6 Å². The minimum absolute atomic E-state index is 0.777. The van der Waals surface area contributed by atoms with Crippen molar-refractivity contribution in [2.24, 2.45) is 0 Å². The maximum Gasteiger partial charge on any atom is 0.227 e. The first-order chi connectivity index (χ1) is 15.6. The molecule has 1 aromatic heterocycles. The van der Waals surface area contributed by atoms with E-state index in [1.54, 1.807) is 7.11 Å². The van der Waals surface area contributed by atoms with Crippen molar-refractivity contribution in [1.82, 2.24) is 19.8 Å². The molecule has 0 spiro atoms. The van der Waals surface area contributed by atoms with Crippen LogP contribution in [0.1, 0.15) is 37.7 Å². The molecular formula is C25H36N6O. The van der Waals surface area contributed by atoms with E-state index in [1.165, 1.54) is 38.8 Å². The van der Waals surface area contributed by atoms with E-state index < -0.39 is 0 Å². The van der Waals surface area contributed by atoms with Crippen LogP contribution in [0.4, 0.5) is 11.8 Å². The van der Waals surface area contributed by atoms with Gasteiger partial charge in [0.25, 0.3) is 0 Å². The number of anilines is 2. The lowest BCUT2D eigenvalue weighted by atomic mass is 10.1. The third-order valence-electron chi connectivity index (χ3n) is 6.22. The Morgan fingerprint density at radius 1 is 1.06 bits per heavy atom. The molecule has 7 nitrogen and oxygen atoms in total. The maximum atomic E-state index is 5.70. The van der Waals surface area contributed by atoms with Gasteiger partial charge in [0.15, 0.2) is 0 Å². The highest BCUT2D eigenvalue weighted by molar-refractivity contribution is 5.92. The maximum absolute atomic E-state index is 5.70. The number of methoxy groups -OCH3 is 1. The normalized spacial score (nSPS) is 16.6. The predicted octanol–water partition coefficient (Wildman–Crippen LogP) is 3.05. The number of likely N-dealkylation sites (N-methyl/N-ethyl adjacent to an activating group) is 1. The largest absolute Gasteiger partial charge is 0.495 e. The Bertz CT molecular complexity index is 968. The number of rotatable bonds is 8. The molecule has 2 aromatic rings. The SMILES string of the molecule is COc1cc2c(NCCN(C)C)nc(N3CCCC3)nc2cc1C#CCCN1CCCC1. The van der Waals surface area contributed by atoms with Gasteiger partial charge in [0, 0.05) is 44.5 Å². The first-order valence-electron chi connectivity index (χ1n) is 11.9. The van der Waals surface area contributed by atoms with Gasteiger partial charge >= 0.3 is 0 Å². The van der Waals surface area contributed by atoms with Crippen LogP contribution in [0.5, 0.6) is 5.75 Å². The molecule has 7 heteroatoms. The Morgan fingerprint density at radius 2 is 1.81 bits per heavy atom. The van der Waals surface area contributed by atoms with Crippen LogP contribution < -0.4 is 15.0 Å². The smallest absolute Gasteiger partial charge is 0.227 e. The summed E-state index contributed by atoms with van der Waals surface area (Å²) in [6, 6.07) is 4.10. The van der Waals surface area contributed by atoms with Crippen molar-refractivity contribution >= 4 is 22.7 Å². The highest BCUT2D eigenvalue weighted by Gasteiger charge is 2.19. The Morgan fingerprint density at radius 3 is 2.53 bits per heavy atom. The van der Waals surface area contributed by atoms with E-state index in [4.69, 9.17) is 14.7 Å². The third kappa shape index (κ3) is 5.62. The topological polar surface area (TPSA) is 56.8 Å². The summed E-state index contributed by atoms with van der Waals surface area (Å²) in [5.74, 6) is 9.15. The van der Waals surface area contributed by atoms with E-state index >= 15 is 0 Å². The van der Waals surface area contributed by atoms with Gasteiger partial charge in [0.1, 0.15) is 11.6 Å². The molecular weight excluding hydrogens is 400 g/mol. The van der Waals surface area contributed by atoms with Gasteiger partial charge in [0.2, 0.25) is 5.95 Å². The van der Waals surface area contributed by atoms with E-state index in [9.17, 15) is 0 Å². The Hall–Kier alpha value is -2.56. The van der Waals surface area contributed by atoms with E-state index in [-0.39, 0.29) is 0 Å². The fourth-order valence-corrected chi connectivity index (χ4v) is 4.38. The molecule has 0 unspecified atom stereocenters. The van der Waals surface area contributed by atoms with Crippen molar-refractivity contribution in [3.63, 3.8) is 0 Å². The number of ether oxygens (including phenoxy) is 1. The first-order valence-corrected chi connectivity index (χ1v) is 11.9. The molecule has 0 atom stereocenters. The van der Waals surface area contributed by atoms with Gasteiger partial charge in [0.05, 0.1) is 18.2 Å². The quantitative estimate of drug-likeness (QED) is 0.638. The van der Waals surface area contributed by atoms with E-state index in [1.807, 2.05) is 6.07 Å². The molecule has 1 N–H and O–H groups in total. The summed E-state index contributed by atoms with van der Waals surface area (Å²) in [6.07, 6.45) is 5.90. The van der Waals surface area contributed by atoms with Crippen molar-refractivity contribution < 1.29 is 4.74 Å². The number of likely N-dealkylation sites (tertiary alicyclic amines) is 1. The van der Waals surface area contributed by atoms with Gasteiger partial charge in [-0.25, -0.2) is 4.98 Å². The minimum atomic E-state index is 0.777. The van der Waals surface area contributed by atoms with Crippen LogP contribution in [0.15, 0.2) is 12.1 Å². The van der Waals surface area contributed by atoms with Crippen LogP contribution in [0.25, 0.3) is 10.9 Å². The van der Waals surface area contributed by atoms with Crippen LogP contribution in [0.3, 0.4) is 0 Å². The first kappa shape index (κ1) is 22.6. The summed E-state index contributed by atoms with van der Waals surface area (Å²) in [5, 5.41) is 4.50. The van der Waals surface area contributed by atoms with E-state index in [0.29, 0.717) is 0 Å². The second-order valence-electron chi connectivity index (χ2n) is 8.97. The molecule has 172 valence electrons. The number of benzene rings is 1. The number of fused-ring (bicyclic) bond motifs is 1. The van der Waals surface area contributed by atoms with Gasteiger partial charge in [-0.1, -0.05) is 11.8 Å². The molecule has 2 fully saturated rings. The molecule has 0 aliphatic carbocycles. The number of hydrogen-bond acceptors (Lipinski definition) is 7. The van der Waals surface area contributed by atoms with Crippen LogP contribution in [-0.2, 0) is 0 Å². The highest BCUT2D eigenvalue weighted by atomic mass is 16.5. The fourth-order valence-electron chi connectivity index (χ4n) is 4.38. The summed E-state index contributed by atoms with van der Waals surface area (Å²) < 4.78 is 5.70. The van der Waals surface area contributed by atoms with E-state index in [0.717, 1.165) is 73.1 Å². The van der Waals surface area contributed by atoms with Gasteiger partial charge in [-0.2, -0.15) is 4.98 Å². The van der Waals surface area contributed by atoms with Crippen molar-refractivity contribution in [2.45, 2.75) is 32.1 Å². The van der Waals surface area contributed by atoms with Crippen LogP contribution in [0, 0.1) is 11.8 Å². The monoisotopic (exact) mass is 436 g/mol. The zero-order chi connectivity index (χ0) is 22.3. The van der Waals surface area contributed by atoms with Crippen LogP contribution in [-0.4, -0.2) is 86.8 Å². The number of hydrogen-bond donors (Lipinski definition) is 1. The van der Waals surface area contributed by atoms with Crippen molar-refractivity contribution in [3.05, 3.63) is 17.7 Å². The van der Waals surface area contributed by atoms with Gasteiger partial charge in [-0.15, -0.1) is 0 Å². The predicted molar refractivity (Wildman–Crippen MR) is 132 cm³/mol. The lowest BCUT2D eigenvalue weighted by Crippen LogP contribution is -2.23. The molecule has 32 heavy (non-hydrogen) atoms. The van der Waals surface area contributed by atoms with Gasteiger partial charge in [-0.05, 0) is 65.0 Å². The lowest BCUT2D eigenvalue weighted by Gasteiger charge is -2.19. The number of nitrogens with one attached hydrogen (secondary N) is 1. The number of nitrogens with zero attached hydrogens (tertiary/aromatic N) is 5. The summed E-state index contributed by atoms with van der Waals surface area (Å²) >= 11 is 0. The molecule has 0 amide bonds. The van der Waals surface area contributed by atoms with Crippen LogP contribution in [0.2, 0.25) is 0 Å². The Labute approximate surface area is 192 Å². The average Bonchev–Trinajstić information content (AvgIpc) is 3.50. The Balaban J connectivity index is 1.63. The molecule has 2 aliphatic rings. The minimum Gasteiger partial charge on any atom is -0.495 e. The lowest BCUT2D eigenvalue weighted by molar-refractivity contribution is 0.348. The summed E-state index contributed by atoms with van der Waals surface area (Å²) in [4.78, 5) is 16.7. The molecule has 2 saturated heterocycles. The average molecular weight is 437 g/mol. The van der Waals surface area contributed by atoms with Gasteiger partial charge in [-0.3, -0.25) is 0 Å². The van der Waals surface area contributed by atoms with Crippen molar-refractivity contribution in [2.75, 3.05) is 77.2 Å². The molecule has 3 heterocycles. The molecule has 0 saturated carbocycles. The zero-order valence-electron chi connectivity index (χ0n) is 19.8. The Kier molecular flexibility index (Phi) is 7.67.